The zero-order valence-electron chi connectivity index (χ0n) is 15.2. The number of carbonyl (C=O) groups is 1. The van der Waals surface area contributed by atoms with Gasteiger partial charge < -0.3 is 9.80 Å². The average molecular weight is 374 g/mol. The van der Waals surface area contributed by atoms with Crippen LogP contribution in [0.3, 0.4) is 0 Å². The summed E-state index contributed by atoms with van der Waals surface area (Å²) < 4.78 is 27.4. The number of benzene rings is 1. The highest BCUT2D eigenvalue weighted by Crippen LogP contribution is 2.35. The Hall–Kier alpha value is -2.44. The van der Waals surface area contributed by atoms with Crippen molar-refractivity contribution in [1.82, 2.24) is 15.1 Å². The van der Waals surface area contributed by atoms with E-state index in [0.717, 1.165) is 56.6 Å². The fraction of sp³-hybridized carbons (Fsp3) is 0.500. The van der Waals surface area contributed by atoms with Gasteiger partial charge in [-0.2, -0.15) is 5.10 Å². The van der Waals surface area contributed by atoms with Crippen LogP contribution >= 0.6 is 0 Å². The van der Waals surface area contributed by atoms with Crippen molar-refractivity contribution in [2.24, 2.45) is 5.92 Å². The summed E-state index contributed by atoms with van der Waals surface area (Å²) in [7, 11) is 0. The second-order valence-corrected chi connectivity index (χ2v) is 7.44. The van der Waals surface area contributed by atoms with Gasteiger partial charge in [0.25, 0.3) is 6.43 Å². The molecule has 2 saturated heterocycles. The Kier molecular flexibility index (Phi) is 5.09. The molecule has 0 spiro atoms. The van der Waals surface area contributed by atoms with Crippen LogP contribution in [0.4, 0.5) is 14.5 Å². The summed E-state index contributed by atoms with van der Waals surface area (Å²) in [6.45, 7) is 3.17. The summed E-state index contributed by atoms with van der Waals surface area (Å²) in [5.41, 5.74) is 2.23. The number of aromatic amines is 1. The van der Waals surface area contributed by atoms with E-state index in [4.69, 9.17) is 0 Å². The first kappa shape index (κ1) is 17.9. The number of halogens is 2. The number of carbonyl (C=O) groups excluding carboxylic acids is 1. The van der Waals surface area contributed by atoms with Crippen LogP contribution in [0.2, 0.25) is 0 Å². The lowest BCUT2D eigenvalue weighted by molar-refractivity contribution is -0.128. The molecule has 2 fully saturated rings. The van der Waals surface area contributed by atoms with Gasteiger partial charge >= 0.3 is 0 Å². The second kappa shape index (κ2) is 7.66. The molecule has 0 aliphatic carbocycles. The van der Waals surface area contributed by atoms with Crippen LogP contribution in [0.5, 0.6) is 0 Å². The third-order valence-electron chi connectivity index (χ3n) is 5.70. The van der Waals surface area contributed by atoms with E-state index in [-0.39, 0.29) is 11.5 Å². The molecule has 144 valence electrons. The highest BCUT2D eigenvalue weighted by atomic mass is 19.3. The molecule has 2 aliphatic rings. The van der Waals surface area contributed by atoms with E-state index in [1.54, 1.807) is 24.5 Å². The van der Waals surface area contributed by atoms with E-state index in [1.807, 2.05) is 11.0 Å². The van der Waals surface area contributed by atoms with Crippen molar-refractivity contribution < 1.29 is 13.6 Å². The molecule has 0 atom stereocenters. The third-order valence-corrected chi connectivity index (χ3v) is 5.70. The number of aromatic nitrogens is 2. The summed E-state index contributed by atoms with van der Waals surface area (Å²) in [4.78, 5) is 15.8. The van der Waals surface area contributed by atoms with Crippen molar-refractivity contribution in [1.29, 1.82) is 0 Å². The molecule has 7 heteroatoms. The number of rotatable bonds is 5. The van der Waals surface area contributed by atoms with E-state index in [1.165, 1.54) is 0 Å². The monoisotopic (exact) mass is 374 g/mol. The SMILES string of the molecule is O=C1CCCN1CC1CCN(c2ccc(-c3cn[nH]c3)cc2C(F)F)CC1. The van der Waals surface area contributed by atoms with Gasteiger partial charge in [-0.3, -0.25) is 9.89 Å². The summed E-state index contributed by atoms with van der Waals surface area (Å²) in [6, 6.07) is 5.25. The molecule has 1 aromatic heterocycles. The predicted octanol–water partition coefficient (Wildman–Crippen LogP) is 3.85. The van der Waals surface area contributed by atoms with Gasteiger partial charge in [0.15, 0.2) is 0 Å². The number of alkyl halides is 2. The minimum absolute atomic E-state index is 0.0712. The Balaban J connectivity index is 1.45. The lowest BCUT2D eigenvalue weighted by atomic mass is 9.94. The van der Waals surface area contributed by atoms with Crippen LogP contribution in [0.1, 0.15) is 37.7 Å². The van der Waals surface area contributed by atoms with Gasteiger partial charge in [-0.05, 0) is 42.9 Å². The fourth-order valence-electron chi connectivity index (χ4n) is 4.17. The van der Waals surface area contributed by atoms with E-state index in [0.29, 0.717) is 18.0 Å². The van der Waals surface area contributed by atoms with Gasteiger partial charge in [-0.15, -0.1) is 0 Å². The van der Waals surface area contributed by atoms with Crippen LogP contribution in [0.15, 0.2) is 30.6 Å². The van der Waals surface area contributed by atoms with Crippen molar-refractivity contribution in [2.75, 3.05) is 31.1 Å². The van der Waals surface area contributed by atoms with Gasteiger partial charge in [0, 0.05) is 55.6 Å². The smallest absolute Gasteiger partial charge is 0.265 e. The molecule has 0 saturated carbocycles. The van der Waals surface area contributed by atoms with Crippen molar-refractivity contribution in [3.63, 3.8) is 0 Å². The van der Waals surface area contributed by atoms with Gasteiger partial charge in [0.1, 0.15) is 0 Å². The molecule has 0 radical (unpaired) electrons. The predicted molar refractivity (Wildman–Crippen MR) is 99.7 cm³/mol. The van der Waals surface area contributed by atoms with Crippen LogP contribution in [0.25, 0.3) is 11.1 Å². The average Bonchev–Trinajstić information content (AvgIpc) is 3.34. The number of anilines is 1. The maximum Gasteiger partial charge on any atom is 0.265 e. The fourth-order valence-corrected chi connectivity index (χ4v) is 4.17. The summed E-state index contributed by atoms with van der Waals surface area (Å²) in [6.07, 6.45) is 4.29. The zero-order valence-corrected chi connectivity index (χ0v) is 15.2. The minimum atomic E-state index is -2.52. The first-order valence-electron chi connectivity index (χ1n) is 9.56. The maximum atomic E-state index is 13.7. The molecule has 2 aromatic rings. The Bertz CT molecular complexity index is 785. The van der Waals surface area contributed by atoms with Gasteiger partial charge in [0.05, 0.1) is 6.20 Å². The molecular formula is C20H24F2N4O. The van der Waals surface area contributed by atoms with Gasteiger partial charge in [0.2, 0.25) is 5.91 Å². The number of hydrogen-bond donors (Lipinski definition) is 1. The number of likely N-dealkylation sites (tertiary alicyclic amines) is 1. The zero-order chi connectivity index (χ0) is 18.8. The number of H-pyrrole nitrogens is 1. The molecule has 0 bridgehead atoms. The van der Waals surface area contributed by atoms with Crippen LogP contribution in [-0.2, 0) is 4.79 Å². The molecule has 5 nitrogen and oxygen atoms in total. The number of nitrogens with one attached hydrogen (secondary N) is 1. The lowest BCUT2D eigenvalue weighted by Crippen LogP contribution is -2.39. The van der Waals surface area contributed by atoms with Gasteiger partial charge in [-0.1, -0.05) is 6.07 Å². The Labute approximate surface area is 157 Å². The molecule has 27 heavy (non-hydrogen) atoms. The van der Waals surface area contributed by atoms with E-state index < -0.39 is 6.43 Å². The number of piperidine rings is 1. The molecule has 3 heterocycles. The molecule has 2 aliphatic heterocycles. The Morgan fingerprint density at radius 1 is 1.19 bits per heavy atom. The van der Waals surface area contributed by atoms with Crippen molar-refractivity contribution in [3.8, 4) is 11.1 Å². The van der Waals surface area contributed by atoms with Crippen LogP contribution in [-0.4, -0.2) is 47.2 Å². The molecule has 1 amide bonds. The molecule has 1 N–H and O–H groups in total. The van der Waals surface area contributed by atoms with Crippen molar-refractivity contribution >= 4 is 11.6 Å². The quantitative estimate of drug-likeness (QED) is 0.865. The topological polar surface area (TPSA) is 52.2 Å². The standard InChI is InChI=1S/C20H24F2N4O/c21-20(22)17-10-15(16-11-23-24-12-16)3-4-18(17)25-8-5-14(6-9-25)13-26-7-1-2-19(26)27/h3-4,10-12,14,20H,1-2,5-9,13H2,(H,23,24). The molecule has 4 rings (SSSR count). The first-order valence-corrected chi connectivity index (χ1v) is 9.56. The number of hydrogen-bond acceptors (Lipinski definition) is 3. The minimum Gasteiger partial charge on any atom is -0.371 e. The second-order valence-electron chi connectivity index (χ2n) is 7.44. The van der Waals surface area contributed by atoms with Gasteiger partial charge in [-0.25, -0.2) is 8.78 Å². The highest BCUT2D eigenvalue weighted by Gasteiger charge is 2.28. The Morgan fingerprint density at radius 3 is 2.63 bits per heavy atom. The van der Waals surface area contributed by atoms with Crippen LogP contribution in [0, 0.1) is 5.92 Å². The van der Waals surface area contributed by atoms with Crippen LogP contribution < -0.4 is 4.90 Å². The lowest BCUT2D eigenvalue weighted by Gasteiger charge is -2.36. The third kappa shape index (κ3) is 3.82. The molecule has 1 aromatic carbocycles. The summed E-state index contributed by atoms with van der Waals surface area (Å²) >= 11 is 0. The maximum absolute atomic E-state index is 13.7. The summed E-state index contributed by atoms with van der Waals surface area (Å²) in [5.74, 6) is 0.718. The van der Waals surface area contributed by atoms with Crippen molar-refractivity contribution in [2.45, 2.75) is 32.1 Å². The largest absolute Gasteiger partial charge is 0.371 e. The summed E-state index contributed by atoms with van der Waals surface area (Å²) in [5, 5.41) is 6.61. The van der Waals surface area contributed by atoms with Crippen molar-refractivity contribution in [3.05, 3.63) is 36.2 Å². The normalized spacial score (nSPS) is 18.7. The van der Waals surface area contributed by atoms with E-state index >= 15 is 0 Å². The van der Waals surface area contributed by atoms with E-state index in [2.05, 4.69) is 15.1 Å². The number of amides is 1. The number of nitrogens with zero attached hydrogens (tertiary/aromatic N) is 3. The molecule has 0 unspecified atom stereocenters. The molecular weight excluding hydrogens is 350 g/mol. The first-order chi connectivity index (χ1) is 13.1. The van der Waals surface area contributed by atoms with E-state index in [9.17, 15) is 13.6 Å². The Morgan fingerprint density at radius 2 is 2.00 bits per heavy atom. The highest BCUT2D eigenvalue weighted by molar-refractivity contribution is 5.78.